The molecule has 144 valence electrons. The van der Waals surface area contributed by atoms with Crippen molar-refractivity contribution in [2.75, 3.05) is 13.2 Å². The second-order valence-corrected chi connectivity index (χ2v) is 6.96. The van der Waals surface area contributed by atoms with Crippen LogP contribution in [-0.2, 0) is 30.4 Å². The highest BCUT2D eigenvalue weighted by atomic mass is 16.6. The first-order chi connectivity index (χ1) is 12.6. The van der Waals surface area contributed by atoms with Gasteiger partial charge in [-0.05, 0) is 12.0 Å². The van der Waals surface area contributed by atoms with Crippen LogP contribution in [0.3, 0.4) is 0 Å². The predicted molar refractivity (Wildman–Crippen MR) is 98.5 cm³/mol. The summed E-state index contributed by atoms with van der Waals surface area (Å²) in [5.74, 6) is -0.490. The molecule has 1 aromatic carbocycles. The molecule has 0 spiro atoms. The Hall–Kier alpha value is -1.88. The van der Waals surface area contributed by atoms with Crippen LogP contribution in [0.2, 0.25) is 0 Å². The lowest BCUT2D eigenvalue weighted by Gasteiger charge is -2.27. The van der Waals surface area contributed by atoms with Gasteiger partial charge in [0, 0.05) is 19.3 Å². The predicted octanol–water partition coefficient (Wildman–Crippen LogP) is 4.18. The normalized spacial score (nSPS) is 19.3. The van der Waals surface area contributed by atoms with Crippen molar-refractivity contribution >= 4 is 11.9 Å². The summed E-state index contributed by atoms with van der Waals surface area (Å²) in [5, 5.41) is 0. The first-order valence-corrected chi connectivity index (χ1v) is 9.63. The van der Waals surface area contributed by atoms with E-state index in [9.17, 15) is 9.59 Å². The number of hydrogen-bond donors (Lipinski definition) is 0. The minimum Gasteiger partial charge on any atom is -0.461 e. The number of ether oxygens (including phenoxy) is 3. The standard InChI is InChI=1S/C21H30O5/c1-2-3-4-5-9-12-19(22)25-17-21(14-13-20(23)26-21)16-24-15-18-10-7-6-8-11-18/h6-8,10-11H,2-5,9,12-17H2,1H3. The van der Waals surface area contributed by atoms with Crippen molar-refractivity contribution in [1.29, 1.82) is 0 Å². The maximum absolute atomic E-state index is 11.9. The summed E-state index contributed by atoms with van der Waals surface area (Å²) in [6.45, 7) is 2.90. The third kappa shape index (κ3) is 7.16. The molecule has 1 atom stereocenters. The molecule has 1 aromatic rings. The van der Waals surface area contributed by atoms with Crippen LogP contribution in [0.15, 0.2) is 30.3 Å². The monoisotopic (exact) mass is 362 g/mol. The Balaban J connectivity index is 1.73. The van der Waals surface area contributed by atoms with E-state index in [4.69, 9.17) is 14.2 Å². The minimum atomic E-state index is -0.844. The Morgan fingerprint density at radius 2 is 1.88 bits per heavy atom. The summed E-state index contributed by atoms with van der Waals surface area (Å²) >= 11 is 0. The van der Waals surface area contributed by atoms with E-state index in [1.807, 2.05) is 30.3 Å². The first-order valence-electron chi connectivity index (χ1n) is 9.63. The zero-order chi connectivity index (χ0) is 18.7. The smallest absolute Gasteiger partial charge is 0.306 e. The summed E-state index contributed by atoms with van der Waals surface area (Å²) in [5.41, 5.74) is 0.208. The molecule has 1 unspecified atom stereocenters. The van der Waals surface area contributed by atoms with Gasteiger partial charge in [0.2, 0.25) is 0 Å². The van der Waals surface area contributed by atoms with E-state index in [1.165, 1.54) is 12.8 Å². The van der Waals surface area contributed by atoms with Crippen molar-refractivity contribution in [3.8, 4) is 0 Å². The first kappa shape index (κ1) is 20.4. The maximum atomic E-state index is 11.9. The van der Waals surface area contributed by atoms with Gasteiger partial charge in [-0.25, -0.2) is 0 Å². The van der Waals surface area contributed by atoms with Crippen LogP contribution in [0.1, 0.15) is 63.9 Å². The highest BCUT2D eigenvalue weighted by Crippen LogP contribution is 2.28. The van der Waals surface area contributed by atoms with Gasteiger partial charge in [0.1, 0.15) is 6.61 Å². The van der Waals surface area contributed by atoms with Crippen LogP contribution in [0.4, 0.5) is 0 Å². The van der Waals surface area contributed by atoms with Gasteiger partial charge in [-0.2, -0.15) is 0 Å². The van der Waals surface area contributed by atoms with E-state index >= 15 is 0 Å². The summed E-state index contributed by atoms with van der Waals surface area (Å²) in [6, 6.07) is 9.81. The summed E-state index contributed by atoms with van der Waals surface area (Å²) in [6.07, 6.45) is 6.69. The van der Waals surface area contributed by atoms with E-state index in [0.29, 0.717) is 25.9 Å². The Bertz CT molecular complexity index is 557. The molecular formula is C21H30O5. The Labute approximate surface area is 156 Å². The van der Waals surface area contributed by atoms with Gasteiger partial charge in [0.15, 0.2) is 5.60 Å². The van der Waals surface area contributed by atoms with Crippen LogP contribution in [0, 0.1) is 0 Å². The Kier molecular flexibility index (Phi) is 8.62. The molecule has 0 N–H and O–H groups in total. The lowest BCUT2D eigenvalue weighted by atomic mass is 10.0. The van der Waals surface area contributed by atoms with Gasteiger partial charge in [0.05, 0.1) is 13.2 Å². The lowest BCUT2D eigenvalue weighted by molar-refractivity contribution is -0.169. The third-order valence-electron chi connectivity index (χ3n) is 4.57. The van der Waals surface area contributed by atoms with Crippen LogP contribution < -0.4 is 0 Å². The largest absolute Gasteiger partial charge is 0.461 e. The number of esters is 2. The van der Waals surface area contributed by atoms with E-state index in [-0.39, 0.29) is 25.2 Å². The van der Waals surface area contributed by atoms with Crippen molar-refractivity contribution in [2.45, 2.75) is 70.5 Å². The number of hydrogen-bond acceptors (Lipinski definition) is 5. The molecule has 0 aliphatic carbocycles. The van der Waals surface area contributed by atoms with Crippen molar-refractivity contribution in [3.63, 3.8) is 0 Å². The molecule has 2 rings (SSSR count). The third-order valence-corrected chi connectivity index (χ3v) is 4.57. The quantitative estimate of drug-likeness (QED) is 0.412. The number of unbranched alkanes of at least 4 members (excludes halogenated alkanes) is 4. The molecule has 5 heteroatoms. The van der Waals surface area contributed by atoms with Gasteiger partial charge in [-0.3, -0.25) is 9.59 Å². The van der Waals surface area contributed by atoms with E-state index in [2.05, 4.69) is 6.92 Å². The van der Waals surface area contributed by atoms with E-state index in [1.54, 1.807) is 0 Å². The van der Waals surface area contributed by atoms with Gasteiger partial charge >= 0.3 is 11.9 Å². The fourth-order valence-corrected chi connectivity index (χ4v) is 3.00. The number of benzene rings is 1. The zero-order valence-electron chi connectivity index (χ0n) is 15.7. The molecule has 1 heterocycles. The van der Waals surface area contributed by atoms with Gasteiger partial charge in [0.25, 0.3) is 0 Å². The Morgan fingerprint density at radius 1 is 1.12 bits per heavy atom. The molecule has 0 amide bonds. The fourth-order valence-electron chi connectivity index (χ4n) is 3.00. The maximum Gasteiger partial charge on any atom is 0.306 e. The summed E-state index contributed by atoms with van der Waals surface area (Å²) < 4.78 is 16.6. The average Bonchev–Trinajstić information content (AvgIpc) is 3.02. The van der Waals surface area contributed by atoms with Crippen LogP contribution in [0.5, 0.6) is 0 Å². The molecule has 5 nitrogen and oxygen atoms in total. The van der Waals surface area contributed by atoms with Crippen molar-refractivity contribution in [2.24, 2.45) is 0 Å². The van der Waals surface area contributed by atoms with Crippen LogP contribution in [0.25, 0.3) is 0 Å². The van der Waals surface area contributed by atoms with Crippen molar-refractivity contribution in [3.05, 3.63) is 35.9 Å². The van der Waals surface area contributed by atoms with Gasteiger partial charge in [-0.15, -0.1) is 0 Å². The van der Waals surface area contributed by atoms with Crippen molar-refractivity contribution in [1.82, 2.24) is 0 Å². The second kappa shape index (κ2) is 11.0. The second-order valence-electron chi connectivity index (χ2n) is 6.96. The molecule has 1 saturated heterocycles. The summed E-state index contributed by atoms with van der Waals surface area (Å²) in [4.78, 5) is 23.5. The molecule has 1 aliphatic heterocycles. The SMILES string of the molecule is CCCCCCCC(=O)OCC1(COCc2ccccc2)CCC(=O)O1. The van der Waals surface area contributed by atoms with Gasteiger partial charge in [-0.1, -0.05) is 62.9 Å². The number of carbonyl (C=O) groups excluding carboxylic acids is 2. The van der Waals surface area contributed by atoms with Crippen LogP contribution in [-0.4, -0.2) is 30.8 Å². The molecule has 0 aromatic heterocycles. The highest BCUT2D eigenvalue weighted by Gasteiger charge is 2.42. The number of cyclic esters (lactones) is 1. The number of carbonyl (C=O) groups is 2. The molecule has 0 saturated carbocycles. The molecule has 0 radical (unpaired) electrons. The highest BCUT2D eigenvalue weighted by molar-refractivity contribution is 5.72. The van der Waals surface area contributed by atoms with E-state index in [0.717, 1.165) is 24.8 Å². The molecule has 0 bridgehead atoms. The van der Waals surface area contributed by atoms with E-state index < -0.39 is 5.60 Å². The molecule has 26 heavy (non-hydrogen) atoms. The average molecular weight is 362 g/mol. The lowest BCUT2D eigenvalue weighted by Crippen LogP contribution is -2.40. The van der Waals surface area contributed by atoms with Crippen molar-refractivity contribution < 1.29 is 23.8 Å². The fraction of sp³-hybridized carbons (Fsp3) is 0.619. The Morgan fingerprint density at radius 3 is 2.58 bits per heavy atom. The zero-order valence-corrected chi connectivity index (χ0v) is 15.7. The summed E-state index contributed by atoms with van der Waals surface area (Å²) in [7, 11) is 0. The molecular weight excluding hydrogens is 332 g/mol. The molecule has 1 fully saturated rings. The molecule has 1 aliphatic rings. The van der Waals surface area contributed by atoms with Gasteiger partial charge < -0.3 is 14.2 Å². The number of rotatable bonds is 12. The van der Waals surface area contributed by atoms with Crippen LogP contribution >= 0.6 is 0 Å². The minimum absolute atomic E-state index is 0.0708. The topological polar surface area (TPSA) is 61.8 Å².